The van der Waals surface area contributed by atoms with Crippen molar-refractivity contribution in [2.24, 2.45) is 0 Å². The summed E-state index contributed by atoms with van der Waals surface area (Å²) >= 11 is 0. The van der Waals surface area contributed by atoms with Crippen LogP contribution in [0, 0.1) is 0 Å². The molecule has 0 spiro atoms. The second-order valence-corrected chi connectivity index (χ2v) is 2.76. The first-order valence-corrected chi connectivity index (χ1v) is 4.13. The maximum absolute atomic E-state index is 12.1. The fourth-order valence-electron chi connectivity index (χ4n) is 0.983. The molecule has 0 fully saturated rings. The van der Waals surface area contributed by atoms with Crippen LogP contribution in [0.25, 0.3) is 0 Å². The average molecular weight is 202 g/mol. The molecule has 0 aliphatic heterocycles. The molecule has 0 saturated heterocycles. The standard InChI is InChI=1S/C8H12F2N4/c1-11-8-12-4-3-7(13-8)14(2)5-6(9)10/h3-4,6H,5H2,1-2H3,(H,11,12,13). The van der Waals surface area contributed by atoms with E-state index in [1.54, 1.807) is 20.2 Å². The van der Waals surface area contributed by atoms with E-state index in [0.29, 0.717) is 11.8 Å². The minimum absolute atomic E-state index is 0.333. The van der Waals surface area contributed by atoms with E-state index in [-0.39, 0.29) is 6.54 Å². The zero-order valence-electron chi connectivity index (χ0n) is 8.04. The molecular formula is C8H12F2N4. The smallest absolute Gasteiger partial charge is 0.255 e. The molecule has 1 heterocycles. The molecule has 14 heavy (non-hydrogen) atoms. The summed E-state index contributed by atoms with van der Waals surface area (Å²) in [6, 6.07) is 1.59. The van der Waals surface area contributed by atoms with Crippen molar-refractivity contribution in [3.05, 3.63) is 12.3 Å². The topological polar surface area (TPSA) is 41.1 Å². The Labute approximate surface area is 81.0 Å². The fourth-order valence-corrected chi connectivity index (χ4v) is 0.983. The molecule has 0 saturated carbocycles. The summed E-state index contributed by atoms with van der Waals surface area (Å²) in [6.45, 7) is -0.333. The number of alkyl halides is 2. The summed E-state index contributed by atoms with van der Waals surface area (Å²) in [5.74, 6) is 0.897. The highest BCUT2D eigenvalue weighted by molar-refractivity contribution is 5.41. The zero-order valence-corrected chi connectivity index (χ0v) is 8.04. The Morgan fingerprint density at radius 2 is 2.29 bits per heavy atom. The van der Waals surface area contributed by atoms with Crippen molar-refractivity contribution in [3.63, 3.8) is 0 Å². The van der Waals surface area contributed by atoms with Gasteiger partial charge in [0.05, 0.1) is 6.54 Å². The predicted molar refractivity (Wildman–Crippen MR) is 50.9 cm³/mol. The van der Waals surface area contributed by atoms with E-state index < -0.39 is 6.43 Å². The van der Waals surface area contributed by atoms with Crippen molar-refractivity contribution in [3.8, 4) is 0 Å². The molecule has 1 aromatic rings. The monoisotopic (exact) mass is 202 g/mol. The van der Waals surface area contributed by atoms with E-state index in [0.717, 1.165) is 0 Å². The maximum atomic E-state index is 12.1. The first-order chi connectivity index (χ1) is 6.63. The molecule has 0 aromatic carbocycles. The van der Waals surface area contributed by atoms with Crippen LogP contribution >= 0.6 is 0 Å². The second kappa shape index (κ2) is 4.69. The minimum atomic E-state index is -2.37. The molecular weight excluding hydrogens is 190 g/mol. The molecule has 4 nitrogen and oxygen atoms in total. The van der Waals surface area contributed by atoms with Gasteiger partial charge in [-0.05, 0) is 6.07 Å². The number of nitrogens with one attached hydrogen (secondary N) is 1. The van der Waals surface area contributed by atoms with Crippen LogP contribution in [0.2, 0.25) is 0 Å². The highest BCUT2D eigenvalue weighted by Gasteiger charge is 2.09. The molecule has 0 unspecified atom stereocenters. The van der Waals surface area contributed by atoms with Crippen LogP contribution in [0.1, 0.15) is 0 Å². The Bertz CT molecular complexity index is 292. The molecule has 1 aromatic heterocycles. The van der Waals surface area contributed by atoms with Crippen LogP contribution in [0.4, 0.5) is 20.5 Å². The fraction of sp³-hybridized carbons (Fsp3) is 0.500. The molecule has 0 aliphatic carbocycles. The minimum Gasteiger partial charge on any atom is -0.357 e. The van der Waals surface area contributed by atoms with Gasteiger partial charge in [0.1, 0.15) is 5.82 Å². The summed E-state index contributed by atoms with van der Waals surface area (Å²) < 4.78 is 24.1. The molecule has 78 valence electrons. The number of anilines is 2. The van der Waals surface area contributed by atoms with Gasteiger partial charge in [-0.2, -0.15) is 4.98 Å². The normalized spacial score (nSPS) is 10.4. The van der Waals surface area contributed by atoms with Crippen LogP contribution < -0.4 is 10.2 Å². The van der Waals surface area contributed by atoms with Gasteiger partial charge in [-0.1, -0.05) is 0 Å². The first-order valence-electron chi connectivity index (χ1n) is 4.13. The van der Waals surface area contributed by atoms with Gasteiger partial charge in [-0.15, -0.1) is 0 Å². The van der Waals surface area contributed by atoms with Crippen molar-refractivity contribution < 1.29 is 8.78 Å². The number of hydrogen-bond donors (Lipinski definition) is 1. The largest absolute Gasteiger partial charge is 0.357 e. The summed E-state index contributed by atoms with van der Waals surface area (Å²) in [5.41, 5.74) is 0. The number of aromatic nitrogens is 2. The molecule has 0 amide bonds. The lowest BCUT2D eigenvalue weighted by Gasteiger charge is -2.17. The average Bonchev–Trinajstić information content (AvgIpc) is 2.17. The van der Waals surface area contributed by atoms with E-state index >= 15 is 0 Å². The van der Waals surface area contributed by atoms with Gasteiger partial charge in [-0.3, -0.25) is 0 Å². The van der Waals surface area contributed by atoms with E-state index in [9.17, 15) is 8.78 Å². The van der Waals surface area contributed by atoms with Crippen molar-refractivity contribution in [1.82, 2.24) is 9.97 Å². The van der Waals surface area contributed by atoms with Crippen LogP contribution in [-0.4, -0.2) is 37.0 Å². The molecule has 0 atom stereocenters. The highest BCUT2D eigenvalue weighted by atomic mass is 19.3. The van der Waals surface area contributed by atoms with Gasteiger partial charge in [-0.25, -0.2) is 13.8 Å². The SMILES string of the molecule is CNc1nccc(N(C)CC(F)F)n1. The number of nitrogens with zero attached hydrogens (tertiary/aromatic N) is 3. The van der Waals surface area contributed by atoms with E-state index in [4.69, 9.17) is 0 Å². The van der Waals surface area contributed by atoms with Gasteiger partial charge < -0.3 is 10.2 Å². The maximum Gasteiger partial charge on any atom is 0.255 e. The van der Waals surface area contributed by atoms with Gasteiger partial charge in [0.15, 0.2) is 0 Å². The molecule has 0 radical (unpaired) electrons. The van der Waals surface area contributed by atoms with Crippen molar-refractivity contribution in [2.45, 2.75) is 6.43 Å². The molecule has 0 aliphatic rings. The quantitative estimate of drug-likeness (QED) is 0.797. The van der Waals surface area contributed by atoms with Gasteiger partial charge in [0.25, 0.3) is 6.43 Å². The molecule has 0 bridgehead atoms. The summed E-state index contributed by atoms with van der Waals surface area (Å²) in [7, 11) is 3.24. The Hall–Kier alpha value is -1.46. The van der Waals surface area contributed by atoms with E-state index in [1.807, 2.05) is 0 Å². The lowest BCUT2D eigenvalue weighted by molar-refractivity contribution is 0.156. The number of rotatable bonds is 4. The van der Waals surface area contributed by atoms with Gasteiger partial charge >= 0.3 is 0 Å². The third-order valence-electron chi connectivity index (χ3n) is 1.67. The van der Waals surface area contributed by atoms with E-state index in [2.05, 4.69) is 15.3 Å². The molecule has 6 heteroatoms. The van der Waals surface area contributed by atoms with Crippen LogP contribution in [0.3, 0.4) is 0 Å². The van der Waals surface area contributed by atoms with Crippen LogP contribution in [-0.2, 0) is 0 Å². The third kappa shape index (κ3) is 2.79. The zero-order chi connectivity index (χ0) is 10.6. The van der Waals surface area contributed by atoms with Crippen LogP contribution in [0.15, 0.2) is 12.3 Å². The lowest BCUT2D eigenvalue weighted by Crippen LogP contribution is -2.25. The molecule has 1 rings (SSSR count). The van der Waals surface area contributed by atoms with Crippen molar-refractivity contribution in [1.29, 1.82) is 0 Å². The third-order valence-corrected chi connectivity index (χ3v) is 1.67. The Morgan fingerprint density at radius 3 is 2.86 bits per heavy atom. The Balaban J connectivity index is 2.73. The Morgan fingerprint density at radius 1 is 1.57 bits per heavy atom. The van der Waals surface area contributed by atoms with Gasteiger partial charge in [0, 0.05) is 20.3 Å². The second-order valence-electron chi connectivity index (χ2n) is 2.76. The highest BCUT2D eigenvalue weighted by Crippen LogP contribution is 2.11. The summed E-state index contributed by atoms with van der Waals surface area (Å²) in [4.78, 5) is 9.28. The van der Waals surface area contributed by atoms with Crippen molar-refractivity contribution in [2.75, 3.05) is 30.9 Å². The summed E-state index contributed by atoms with van der Waals surface area (Å²) in [6.07, 6.45) is -0.844. The number of halogens is 2. The Kier molecular flexibility index (Phi) is 3.55. The predicted octanol–water partition coefficient (Wildman–Crippen LogP) is 1.22. The van der Waals surface area contributed by atoms with Crippen molar-refractivity contribution >= 4 is 11.8 Å². The van der Waals surface area contributed by atoms with E-state index in [1.165, 1.54) is 11.1 Å². The lowest BCUT2D eigenvalue weighted by atomic mass is 10.5. The number of hydrogen-bond acceptors (Lipinski definition) is 4. The first kappa shape index (κ1) is 10.6. The van der Waals surface area contributed by atoms with Gasteiger partial charge in [0.2, 0.25) is 5.95 Å². The van der Waals surface area contributed by atoms with Crippen LogP contribution in [0.5, 0.6) is 0 Å². The molecule has 1 N–H and O–H groups in total. The summed E-state index contributed by atoms with van der Waals surface area (Å²) in [5, 5.41) is 2.74.